The van der Waals surface area contributed by atoms with E-state index in [1.165, 1.54) is 5.57 Å². The quantitative estimate of drug-likeness (QED) is 0.764. The molecule has 1 heterocycles. The molecule has 0 radical (unpaired) electrons. The second-order valence-electron chi connectivity index (χ2n) is 6.22. The van der Waals surface area contributed by atoms with Crippen LogP contribution in [0.3, 0.4) is 0 Å². The number of Topliss-reactive ketones (excluding diaryl/α,β-unsaturated/α-hetero) is 1. The highest BCUT2D eigenvalue weighted by molar-refractivity contribution is 5.84. The summed E-state index contributed by atoms with van der Waals surface area (Å²) in [5, 5.41) is 4.24. The minimum atomic E-state index is 0.0450. The molecule has 0 spiro atoms. The van der Waals surface area contributed by atoms with Crippen LogP contribution in [0.25, 0.3) is 11.3 Å². The van der Waals surface area contributed by atoms with Gasteiger partial charge in [-0.3, -0.25) is 4.79 Å². The standard InChI is InChI=1S/C19H21NO2/c1-13(2)8-9-16-15(10-11-18(16)21)17-12-19(22-20-17)14-6-4-3-5-7-14/h3-8,12,15-16H,9-11H2,1-2H3. The lowest BCUT2D eigenvalue weighted by atomic mass is 9.89. The Kier molecular flexibility index (Phi) is 4.23. The zero-order valence-corrected chi connectivity index (χ0v) is 13.1. The molecule has 0 amide bonds. The Hall–Kier alpha value is -2.16. The Balaban J connectivity index is 1.83. The first-order valence-electron chi connectivity index (χ1n) is 7.83. The number of benzene rings is 1. The summed E-state index contributed by atoms with van der Waals surface area (Å²) in [5.74, 6) is 1.36. The van der Waals surface area contributed by atoms with Crippen molar-refractivity contribution in [2.45, 2.75) is 39.0 Å². The number of aromatic nitrogens is 1. The van der Waals surface area contributed by atoms with Crippen LogP contribution in [0.15, 0.2) is 52.6 Å². The predicted molar refractivity (Wildman–Crippen MR) is 86.5 cm³/mol. The average molecular weight is 295 g/mol. The van der Waals surface area contributed by atoms with Gasteiger partial charge in [0.05, 0.1) is 5.69 Å². The van der Waals surface area contributed by atoms with E-state index in [0.717, 1.165) is 29.9 Å². The van der Waals surface area contributed by atoms with Crippen LogP contribution in [0.1, 0.15) is 44.7 Å². The largest absolute Gasteiger partial charge is 0.356 e. The third kappa shape index (κ3) is 3.03. The van der Waals surface area contributed by atoms with Gasteiger partial charge in [0.2, 0.25) is 0 Å². The fraction of sp³-hybridized carbons (Fsp3) is 0.368. The lowest BCUT2D eigenvalue weighted by Crippen LogP contribution is -2.13. The van der Waals surface area contributed by atoms with Crippen molar-refractivity contribution in [1.29, 1.82) is 0 Å². The molecule has 2 aromatic rings. The summed E-state index contributed by atoms with van der Waals surface area (Å²) in [4.78, 5) is 12.2. The number of hydrogen-bond donors (Lipinski definition) is 0. The van der Waals surface area contributed by atoms with E-state index in [4.69, 9.17) is 4.52 Å². The Bertz CT molecular complexity index is 680. The average Bonchev–Trinajstić information content (AvgIpc) is 3.13. The van der Waals surface area contributed by atoms with Gasteiger partial charge in [-0.2, -0.15) is 0 Å². The Morgan fingerprint density at radius 1 is 1.32 bits per heavy atom. The van der Waals surface area contributed by atoms with Crippen molar-refractivity contribution in [2.75, 3.05) is 0 Å². The van der Waals surface area contributed by atoms with Crippen molar-refractivity contribution < 1.29 is 9.32 Å². The number of carbonyl (C=O) groups excluding carboxylic acids is 1. The van der Waals surface area contributed by atoms with E-state index in [9.17, 15) is 4.79 Å². The van der Waals surface area contributed by atoms with Crippen molar-refractivity contribution in [3.63, 3.8) is 0 Å². The van der Waals surface area contributed by atoms with Crippen LogP contribution in [0.4, 0.5) is 0 Å². The summed E-state index contributed by atoms with van der Waals surface area (Å²) < 4.78 is 5.50. The van der Waals surface area contributed by atoms with E-state index >= 15 is 0 Å². The maximum atomic E-state index is 12.2. The van der Waals surface area contributed by atoms with Crippen molar-refractivity contribution in [1.82, 2.24) is 5.16 Å². The summed E-state index contributed by atoms with van der Waals surface area (Å²) in [7, 11) is 0. The van der Waals surface area contributed by atoms with Gasteiger partial charge in [-0.25, -0.2) is 0 Å². The van der Waals surface area contributed by atoms with Crippen molar-refractivity contribution in [3.8, 4) is 11.3 Å². The zero-order chi connectivity index (χ0) is 15.5. The van der Waals surface area contributed by atoms with E-state index in [1.54, 1.807) is 0 Å². The topological polar surface area (TPSA) is 43.1 Å². The van der Waals surface area contributed by atoms with Crippen LogP contribution in [0, 0.1) is 5.92 Å². The van der Waals surface area contributed by atoms with Gasteiger partial charge in [0.15, 0.2) is 5.76 Å². The number of nitrogens with zero attached hydrogens (tertiary/aromatic N) is 1. The summed E-state index contributed by atoms with van der Waals surface area (Å²) >= 11 is 0. The van der Waals surface area contributed by atoms with Crippen LogP contribution in [0.5, 0.6) is 0 Å². The van der Waals surface area contributed by atoms with Crippen LogP contribution < -0.4 is 0 Å². The fourth-order valence-corrected chi connectivity index (χ4v) is 3.12. The smallest absolute Gasteiger partial charge is 0.167 e. The molecule has 0 bridgehead atoms. The molecule has 1 aromatic heterocycles. The van der Waals surface area contributed by atoms with Crippen molar-refractivity contribution >= 4 is 5.78 Å². The van der Waals surface area contributed by atoms with Gasteiger partial charge in [0.25, 0.3) is 0 Å². The second kappa shape index (κ2) is 6.30. The summed E-state index contributed by atoms with van der Waals surface area (Å²) in [6, 6.07) is 11.9. The molecular formula is C19H21NO2. The van der Waals surface area contributed by atoms with Crippen LogP contribution in [0.2, 0.25) is 0 Å². The number of hydrogen-bond acceptors (Lipinski definition) is 3. The number of carbonyl (C=O) groups is 1. The summed E-state index contributed by atoms with van der Waals surface area (Å²) in [6.45, 7) is 4.14. The monoisotopic (exact) mass is 295 g/mol. The zero-order valence-electron chi connectivity index (χ0n) is 13.1. The molecule has 1 saturated carbocycles. The van der Waals surface area contributed by atoms with Crippen molar-refractivity contribution in [2.24, 2.45) is 5.92 Å². The van der Waals surface area contributed by atoms with E-state index in [2.05, 4.69) is 25.1 Å². The molecular weight excluding hydrogens is 274 g/mol. The first-order chi connectivity index (χ1) is 10.6. The molecule has 2 unspecified atom stereocenters. The van der Waals surface area contributed by atoms with Gasteiger partial charge in [-0.05, 0) is 26.7 Å². The fourth-order valence-electron chi connectivity index (χ4n) is 3.12. The highest BCUT2D eigenvalue weighted by atomic mass is 16.5. The molecule has 114 valence electrons. The second-order valence-corrected chi connectivity index (χ2v) is 6.22. The number of rotatable bonds is 4. The maximum Gasteiger partial charge on any atom is 0.167 e. The normalized spacial score (nSPS) is 21.1. The first-order valence-corrected chi connectivity index (χ1v) is 7.83. The van der Waals surface area contributed by atoms with E-state index in [-0.39, 0.29) is 11.8 Å². The Morgan fingerprint density at radius 2 is 2.09 bits per heavy atom. The molecule has 1 fully saturated rings. The maximum absolute atomic E-state index is 12.2. The lowest BCUT2D eigenvalue weighted by Gasteiger charge is -2.14. The molecule has 3 nitrogen and oxygen atoms in total. The van der Waals surface area contributed by atoms with E-state index < -0.39 is 0 Å². The van der Waals surface area contributed by atoms with Crippen LogP contribution in [-0.2, 0) is 4.79 Å². The molecule has 0 saturated heterocycles. The summed E-state index contributed by atoms with van der Waals surface area (Å²) in [6.07, 6.45) is 4.48. The molecule has 3 rings (SSSR count). The van der Waals surface area contributed by atoms with Gasteiger partial charge in [-0.15, -0.1) is 0 Å². The Morgan fingerprint density at radius 3 is 2.82 bits per heavy atom. The van der Waals surface area contributed by atoms with Gasteiger partial charge >= 0.3 is 0 Å². The number of ketones is 1. The molecule has 1 aliphatic carbocycles. The molecule has 22 heavy (non-hydrogen) atoms. The van der Waals surface area contributed by atoms with Gasteiger partial charge in [-0.1, -0.05) is 47.1 Å². The number of allylic oxidation sites excluding steroid dienone is 2. The molecule has 1 aromatic carbocycles. The third-order valence-electron chi connectivity index (χ3n) is 4.35. The summed E-state index contributed by atoms with van der Waals surface area (Å²) in [5.41, 5.74) is 3.19. The molecule has 2 atom stereocenters. The molecule has 0 aliphatic heterocycles. The van der Waals surface area contributed by atoms with Crippen LogP contribution in [-0.4, -0.2) is 10.9 Å². The highest BCUT2D eigenvalue weighted by Gasteiger charge is 2.36. The minimum Gasteiger partial charge on any atom is -0.356 e. The van der Waals surface area contributed by atoms with Gasteiger partial charge < -0.3 is 4.52 Å². The minimum absolute atomic E-state index is 0.0450. The molecule has 0 N–H and O–H groups in total. The lowest BCUT2D eigenvalue weighted by molar-refractivity contribution is -0.120. The molecule has 1 aliphatic rings. The highest BCUT2D eigenvalue weighted by Crippen LogP contribution is 2.40. The molecule has 3 heteroatoms. The Labute approximate surface area is 131 Å². The van der Waals surface area contributed by atoms with E-state index in [1.807, 2.05) is 36.4 Å². The van der Waals surface area contributed by atoms with Gasteiger partial charge in [0.1, 0.15) is 5.78 Å². The van der Waals surface area contributed by atoms with Crippen LogP contribution >= 0.6 is 0 Å². The predicted octanol–water partition coefficient (Wildman–Crippen LogP) is 4.76. The first kappa shape index (κ1) is 14.8. The van der Waals surface area contributed by atoms with Gasteiger partial charge in [0, 0.05) is 29.9 Å². The van der Waals surface area contributed by atoms with Crippen molar-refractivity contribution in [3.05, 3.63) is 53.7 Å². The third-order valence-corrected chi connectivity index (χ3v) is 4.35. The van der Waals surface area contributed by atoms with E-state index in [0.29, 0.717) is 12.2 Å². The SMILES string of the molecule is CC(C)=CCC1C(=O)CCC1c1cc(-c2ccccc2)on1.